The maximum atomic E-state index is 13.7. The number of ether oxygens (including phenoxy) is 1. The summed E-state index contributed by atoms with van der Waals surface area (Å²) >= 11 is 0. The van der Waals surface area contributed by atoms with E-state index in [2.05, 4.69) is 5.32 Å². The van der Waals surface area contributed by atoms with E-state index >= 15 is 0 Å². The van der Waals surface area contributed by atoms with Gasteiger partial charge in [0, 0.05) is 12.6 Å². The molecule has 8 nitrogen and oxygen atoms in total. The van der Waals surface area contributed by atoms with Gasteiger partial charge in [0.25, 0.3) is 0 Å². The van der Waals surface area contributed by atoms with Crippen molar-refractivity contribution in [1.82, 2.24) is 10.2 Å². The fourth-order valence-electron chi connectivity index (χ4n) is 3.76. The highest BCUT2D eigenvalue weighted by molar-refractivity contribution is 7.92. The third kappa shape index (κ3) is 7.45. The maximum Gasteiger partial charge on any atom is 0.244 e. The Balaban J connectivity index is 2.49. The number of nitrogens with one attached hydrogen (secondary N) is 1. The van der Waals surface area contributed by atoms with Crippen LogP contribution >= 0.6 is 0 Å². The monoisotopic (exact) mass is 503 g/mol. The lowest BCUT2D eigenvalue weighted by Crippen LogP contribution is -2.53. The smallest absolute Gasteiger partial charge is 0.244 e. The van der Waals surface area contributed by atoms with Crippen molar-refractivity contribution in [2.45, 2.75) is 59.2 Å². The van der Waals surface area contributed by atoms with E-state index in [1.807, 2.05) is 52.0 Å². The Morgan fingerprint density at radius 2 is 1.66 bits per heavy atom. The molecule has 35 heavy (non-hydrogen) atoms. The van der Waals surface area contributed by atoms with Gasteiger partial charge in [-0.05, 0) is 49.9 Å². The van der Waals surface area contributed by atoms with Crippen molar-refractivity contribution in [1.29, 1.82) is 0 Å². The first kappa shape index (κ1) is 28.2. The predicted octanol–water partition coefficient (Wildman–Crippen LogP) is 3.49. The number of anilines is 1. The van der Waals surface area contributed by atoms with E-state index in [0.29, 0.717) is 12.2 Å². The summed E-state index contributed by atoms with van der Waals surface area (Å²) in [6, 6.07) is 13.5. The van der Waals surface area contributed by atoms with E-state index in [-0.39, 0.29) is 24.2 Å². The maximum absolute atomic E-state index is 13.7. The lowest BCUT2D eigenvalue weighted by Gasteiger charge is -2.34. The Hall–Kier alpha value is -3.07. The van der Waals surface area contributed by atoms with Crippen molar-refractivity contribution >= 4 is 27.5 Å². The second-order valence-electron chi connectivity index (χ2n) is 8.63. The zero-order valence-electron chi connectivity index (χ0n) is 21.4. The molecule has 1 N–H and O–H groups in total. The van der Waals surface area contributed by atoms with E-state index in [9.17, 15) is 18.0 Å². The molecule has 0 saturated heterocycles. The van der Waals surface area contributed by atoms with E-state index in [4.69, 9.17) is 4.74 Å². The molecule has 0 aliphatic carbocycles. The number of carbonyl (C=O) groups is 2. The lowest BCUT2D eigenvalue weighted by atomic mass is 10.1. The Morgan fingerprint density at radius 1 is 1.03 bits per heavy atom. The van der Waals surface area contributed by atoms with Crippen LogP contribution in [-0.4, -0.2) is 57.1 Å². The molecule has 0 saturated carbocycles. The number of carbonyl (C=O) groups excluding carboxylic acids is 2. The molecule has 2 aromatic rings. The summed E-state index contributed by atoms with van der Waals surface area (Å²) in [5, 5.41) is 2.97. The Morgan fingerprint density at radius 3 is 2.23 bits per heavy atom. The van der Waals surface area contributed by atoms with Gasteiger partial charge in [-0.25, -0.2) is 8.42 Å². The Kier molecular flexibility index (Phi) is 10.1. The molecule has 9 heteroatoms. The highest BCUT2D eigenvalue weighted by Crippen LogP contribution is 2.30. The fourth-order valence-corrected chi connectivity index (χ4v) is 4.62. The molecule has 0 fully saturated rings. The summed E-state index contributed by atoms with van der Waals surface area (Å²) in [5.41, 5.74) is 2.13. The van der Waals surface area contributed by atoms with Gasteiger partial charge < -0.3 is 15.0 Å². The van der Waals surface area contributed by atoms with Crippen LogP contribution in [0.25, 0.3) is 0 Å². The van der Waals surface area contributed by atoms with E-state index < -0.39 is 28.5 Å². The third-order valence-electron chi connectivity index (χ3n) is 6.02. The largest absolute Gasteiger partial charge is 0.495 e. The van der Waals surface area contributed by atoms with Gasteiger partial charge >= 0.3 is 0 Å². The van der Waals surface area contributed by atoms with Crippen LogP contribution in [0.2, 0.25) is 0 Å². The first-order chi connectivity index (χ1) is 16.5. The molecule has 0 spiro atoms. The molecule has 0 aliphatic rings. The van der Waals surface area contributed by atoms with Crippen molar-refractivity contribution in [3.63, 3.8) is 0 Å². The fraction of sp³-hybridized carbons (Fsp3) is 0.462. The van der Waals surface area contributed by atoms with Gasteiger partial charge in [-0.2, -0.15) is 0 Å². The molecule has 2 amide bonds. The van der Waals surface area contributed by atoms with Crippen molar-refractivity contribution in [3.05, 3.63) is 59.7 Å². The zero-order chi connectivity index (χ0) is 26.2. The minimum absolute atomic E-state index is 0.0481. The van der Waals surface area contributed by atoms with Gasteiger partial charge in [0.2, 0.25) is 21.8 Å². The third-order valence-corrected chi connectivity index (χ3v) is 7.15. The predicted molar refractivity (Wildman–Crippen MR) is 139 cm³/mol. The topological polar surface area (TPSA) is 96.0 Å². The van der Waals surface area contributed by atoms with Crippen molar-refractivity contribution in [2.75, 3.05) is 24.2 Å². The van der Waals surface area contributed by atoms with Crippen LogP contribution in [0.5, 0.6) is 5.75 Å². The number of hydrogen-bond donors (Lipinski definition) is 1. The first-order valence-electron chi connectivity index (χ1n) is 11.8. The number of amides is 2. The number of methoxy groups -OCH3 is 1. The van der Waals surface area contributed by atoms with Gasteiger partial charge in [-0.3, -0.25) is 13.9 Å². The number of nitrogens with zero attached hydrogens (tertiary/aromatic N) is 2. The molecule has 0 radical (unpaired) electrons. The van der Waals surface area contributed by atoms with Crippen LogP contribution in [0, 0.1) is 6.92 Å². The number of benzene rings is 2. The minimum Gasteiger partial charge on any atom is -0.495 e. The SMILES string of the molecule is CC[C@H](C(=O)N[C@@H](C)CC)N(Cc1ccccc1C)C(=O)CN(c1ccccc1OC)S(C)(=O)=O. The normalized spacial score (nSPS) is 13.0. The van der Waals surface area contributed by atoms with Crippen LogP contribution in [-0.2, 0) is 26.2 Å². The Labute approximate surface area is 209 Å². The van der Waals surface area contributed by atoms with Gasteiger partial charge in [0.1, 0.15) is 18.3 Å². The molecule has 0 unspecified atom stereocenters. The van der Waals surface area contributed by atoms with Crippen molar-refractivity contribution in [2.24, 2.45) is 0 Å². The highest BCUT2D eigenvalue weighted by Gasteiger charge is 2.33. The number of sulfonamides is 1. The van der Waals surface area contributed by atoms with Gasteiger partial charge in [0.05, 0.1) is 19.1 Å². The summed E-state index contributed by atoms with van der Waals surface area (Å²) in [5.74, 6) is -0.402. The molecule has 0 aliphatic heterocycles. The molecule has 0 heterocycles. The van der Waals surface area contributed by atoms with Crippen molar-refractivity contribution in [3.8, 4) is 5.75 Å². The molecule has 2 rings (SSSR count). The number of aryl methyl sites for hydroxylation is 1. The van der Waals surface area contributed by atoms with E-state index in [1.165, 1.54) is 12.0 Å². The van der Waals surface area contributed by atoms with Gasteiger partial charge in [0.15, 0.2) is 0 Å². The molecule has 2 aromatic carbocycles. The van der Waals surface area contributed by atoms with Crippen molar-refractivity contribution < 1.29 is 22.7 Å². The lowest BCUT2D eigenvalue weighted by molar-refractivity contribution is -0.140. The Bertz CT molecular complexity index is 1120. The number of para-hydroxylation sites is 2. The number of rotatable bonds is 12. The molecule has 0 bridgehead atoms. The summed E-state index contributed by atoms with van der Waals surface area (Å²) in [6.07, 6.45) is 2.18. The second-order valence-corrected chi connectivity index (χ2v) is 10.5. The zero-order valence-corrected chi connectivity index (χ0v) is 22.3. The van der Waals surface area contributed by atoms with Crippen LogP contribution in [0.1, 0.15) is 44.7 Å². The molecule has 2 atom stereocenters. The molecule has 192 valence electrons. The van der Waals surface area contributed by atoms with Crippen LogP contribution in [0.15, 0.2) is 48.5 Å². The van der Waals surface area contributed by atoms with Gasteiger partial charge in [-0.1, -0.05) is 50.2 Å². The highest BCUT2D eigenvalue weighted by atomic mass is 32.2. The van der Waals surface area contributed by atoms with Gasteiger partial charge in [-0.15, -0.1) is 0 Å². The van der Waals surface area contributed by atoms with Crippen LogP contribution in [0.3, 0.4) is 0 Å². The number of hydrogen-bond acceptors (Lipinski definition) is 5. The second kappa shape index (κ2) is 12.6. The summed E-state index contributed by atoms with van der Waals surface area (Å²) in [7, 11) is -2.39. The van der Waals surface area contributed by atoms with Crippen LogP contribution < -0.4 is 14.4 Å². The van der Waals surface area contributed by atoms with Crippen LogP contribution in [0.4, 0.5) is 5.69 Å². The summed E-state index contributed by atoms with van der Waals surface area (Å²) in [6.45, 7) is 7.38. The standard InChI is InChI=1S/C26H37N3O5S/c1-7-20(4)27-26(31)22(8-2)28(17-21-14-10-9-13-19(21)3)25(30)18-29(35(6,32)33)23-15-11-12-16-24(23)34-5/h9-16,20,22H,7-8,17-18H2,1-6H3,(H,27,31)/t20-,22+/m0/s1. The summed E-state index contributed by atoms with van der Waals surface area (Å²) in [4.78, 5) is 28.4. The molecule has 0 aromatic heterocycles. The average Bonchev–Trinajstić information content (AvgIpc) is 2.82. The molecular formula is C26H37N3O5S. The first-order valence-corrected chi connectivity index (χ1v) is 13.6. The van der Waals surface area contributed by atoms with E-state index in [0.717, 1.165) is 28.1 Å². The molecular weight excluding hydrogens is 466 g/mol. The minimum atomic E-state index is -3.83. The average molecular weight is 504 g/mol. The van der Waals surface area contributed by atoms with E-state index in [1.54, 1.807) is 24.3 Å². The summed E-state index contributed by atoms with van der Waals surface area (Å²) < 4.78 is 31.9. The quantitative estimate of drug-likeness (QED) is 0.478.